The van der Waals surface area contributed by atoms with Crippen LogP contribution in [0.4, 0.5) is 0 Å². The van der Waals surface area contributed by atoms with E-state index in [0.29, 0.717) is 21.2 Å². The zero-order chi connectivity index (χ0) is 14.5. The third-order valence-electron chi connectivity index (χ3n) is 2.68. The molecule has 0 aliphatic heterocycles. The fourth-order valence-corrected chi connectivity index (χ4v) is 2.04. The molecule has 0 spiro atoms. The molecule has 20 heavy (non-hydrogen) atoms. The van der Waals surface area contributed by atoms with Crippen LogP contribution in [0.15, 0.2) is 54.1 Å². The van der Waals surface area contributed by atoms with Crippen molar-refractivity contribution in [1.29, 1.82) is 5.26 Å². The van der Waals surface area contributed by atoms with E-state index < -0.39 is 0 Å². The van der Waals surface area contributed by atoms with Crippen molar-refractivity contribution in [2.75, 3.05) is 0 Å². The van der Waals surface area contributed by atoms with Crippen LogP contribution in [0.25, 0.3) is 6.08 Å². The van der Waals surface area contributed by atoms with E-state index in [1.165, 1.54) is 6.08 Å². The molecule has 0 N–H and O–H groups in total. The maximum Gasteiger partial charge on any atom is 0.203 e. The first-order valence-electron chi connectivity index (χ1n) is 5.79. The highest BCUT2D eigenvalue weighted by molar-refractivity contribution is 6.43. The normalized spacial score (nSPS) is 10.9. The average Bonchev–Trinajstić information content (AvgIpc) is 2.49. The van der Waals surface area contributed by atoms with E-state index in [1.54, 1.807) is 48.5 Å². The Morgan fingerprint density at radius 3 is 2.40 bits per heavy atom. The smallest absolute Gasteiger partial charge is 0.203 e. The van der Waals surface area contributed by atoms with Crippen LogP contribution in [-0.4, -0.2) is 5.78 Å². The fraction of sp³-hybridized carbons (Fsp3) is 0. The largest absolute Gasteiger partial charge is 0.288 e. The summed E-state index contributed by atoms with van der Waals surface area (Å²) in [7, 11) is 0. The van der Waals surface area contributed by atoms with Gasteiger partial charge in [0, 0.05) is 5.56 Å². The van der Waals surface area contributed by atoms with Crippen LogP contribution in [0.5, 0.6) is 0 Å². The molecule has 0 amide bonds. The number of ketones is 1. The van der Waals surface area contributed by atoms with Gasteiger partial charge in [-0.25, -0.2) is 0 Å². The SMILES string of the molecule is N#C/C(=C\c1cccc(Cl)c1Cl)C(=O)c1ccccc1. The second kappa shape index (κ2) is 6.38. The van der Waals surface area contributed by atoms with Gasteiger partial charge in [0.05, 0.1) is 10.0 Å². The number of rotatable bonds is 3. The quantitative estimate of drug-likeness (QED) is 0.465. The number of allylic oxidation sites excluding steroid dienone is 1. The molecule has 0 bridgehead atoms. The van der Waals surface area contributed by atoms with Crippen molar-refractivity contribution in [1.82, 2.24) is 0 Å². The van der Waals surface area contributed by atoms with Gasteiger partial charge in [0.15, 0.2) is 0 Å². The molecule has 0 atom stereocenters. The molecule has 0 radical (unpaired) electrons. The second-order valence-electron chi connectivity index (χ2n) is 4.01. The number of benzene rings is 2. The lowest BCUT2D eigenvalue weighted by molar-refractivity contribution is 0.104. The van der Waals surface area contributed by atoms with Crippen molar-refractivity contribution in [3.05, 3.63) is 75.3 Å². The van der Waals surface area contributed by atoms with E-state index >= 15 is 0 Å². The summed E-state index contributed by atoms with van der Waals surface area (Å²) in [6.07, 6.45) is 1.45. The van der Waals surface area contributed by atoms with Gasteiger partial charge in [-0.1, -0.05) is 65.7 Å². The number of Topliss-reactive ketones (excluding diaryl/α,β-unsaturated/α-hetero) is 1. The first-order chi connectivity index (χ1) is 9.63. The summed E-state index contributed by atoms with van der Waals surface area (Å²) >= 11 is 12.0. The van der Waals surface area contributed by atoms with Gasteiger partial charge in [0.1, 0.15) is 11.6 Å². The maximum atomic E-state index is 12.2. The summed E-state index contributed by atoms with van der Waals surface area (Å²) in [5, 5.41) is 9.87. The van der Waals surface area contributed by atoms with Crippen molar-refractivity contribution in [3.63, 3.8) is 0 Å². The van der Waals surface area contributed by atoms with E-state index in [1.807, 2.05) is 6.07 Å². The molecular formula is C16H9Cl2NO. The highest BCUT2D eigenvalue weighted by Crippen LogP contribution is 2.27. The minimum atomic E-state index is -0.343. The van der Waals surface area contributed by atoms with Crippen LogP contribution in [0, 0.1) is 11.3 Å². The summed E-state index contributed by atoms with van der Waals surface area (Å²) in [6, 6.07) is 15.6. The van der Waals surface area contributed by atoms with Crippen LogP contribution >= 0.6 is 23.2 Å². The first-order valence-corrected chi connectivity index (χ1v) is 6.54. The Hall–Kier alpha value is -2.08. The Kier molecular flexibility index (Phi) is 4.57. The Labute approximate surface area is 126 Å². The maximum absolute atomic E-state index is 12.2. The highest BCUT2D eigenvalue weighted by Gasteiger charge is 2.12. The van der Waals surface area contributed by atoms with Crippen LogP contribution in [0.3, 0.4) is 0 Å². The summed E-state index contributed by atoms with van der Waals surface area (Å²) < 4.78 is 0. The summed E-state index contributed by atoms with van der Waals surface area (Å²) in [4.78, 5) is 12.2. The average molecular weight is 302 g/mol. The van der Waals surface area contributed by atoms with Gasteiger partial charge in [-0.2, -0.15) is 5.26 Å². The molecule has 2 rings (SSSR count). The van der Waals surface area contributed by atoms with Gasteiger partial charge in [0.25, 0.3) is 0 Å². The fourth-order valence-electron chi connectivity index (χ4n) is 1.68. The van der Waals surface area contributed by atoms with Gasteiger partial charge in [-0.05, 0) is 17.7 Å². The van der Waals surface area contributed by atoms with Crippen LogP contribution in [-0.2, 0) is 0 Å². The second-order valence-corrected chi connectivity index (χ2v) is 4.79. The molecule has 2 aromatic carbocycles. The van der Waals surface area contributed by atoms with Crippen LogP contribution in [0.2, 0.25) is 10.0 Å². The molecule has 0 saturated carbocycles. The predicted molar refractivity (Wildman–Crippen MR) is 80.8 cm³/mol. The number of nitriles is 1. The number of nitrogens with zero attached hydrogens (tertiary/aromatic N) is 1. The molecule has 2 aromatic rings. The van der Waals surface area contributed by atoms with Crippen molar-refractivity contribution >= 4 is 35.1 Å². The number of carbonyl (C=O) groups excluding carboxylic acids is 1. The number of halogens is 2. The number of carbonyl (C=O) groups is 1. The van der Waals surface area contributed by atoms with E-state index in [2.05, 4.69) is 0 Å². The minimum Gasteiger partial charge on any atom is -0.288 e. The molecular weight excluding hydrogens is 293 g/mol. The summed E-state index contributed by atoms with van der Waals surface area (Å²) in [6.45, 7) is 0. The highest BCUT2D eigenvalue weighted by atomic mass is 35.5. The lowest BCUT2D eigenvalue weighted by Crippen LogP contribution is -2.01. The molecule has 98 valence electrons. The van der Waals surface area contributed by atoms with Gasteiger partial charge >= 0.3 is 0 Å². The van der Waals surface area contributed by atoms with E-state index in [4.69, 9.17) is 28.5 Å². The Morgan fingerprint density at radius 1 is 1.05 bits per heavy atom. The minimum absolute atomic E-state index is 0.0142. The molecule has 0 aliphatic carbocycles. The van der Waals surface area contributed by atoms with Crippen LogP contribution in [0.1, 0.15) is 15.9 Å². The Balaban J connectivity index is 2.43. The topological polar surface area (TPSA) is 40.9 Å². The summed E-state index contributed by atoms with van der Waals surface area (Å²) in [5.74, 6) is -0.343. The van der Waals surface area contributed by atoms with Gasteiger partial charge < -0.3 is 0 Å². The lowest BCUT2D eigenvalue weighted by Gasteiger charge is -2.02. The Morgan fingerprint density at radius 2 is 1.75 bits per heavy atom. The number of hydrogen-bond donors (Lipinski definition) is 0. The van der Waals surface area contributed by atoms with Crippen molar-refractivity contribution in [2.24, 2.45) is 0 Å². The van der Waals surface area contributed by atoms with E-state index in [0.717, 1.165) is 0 Å². The molecule has 0 aliphatic rings. The van der Waals surface area contributed by atoms with Crippen molar-refractivity contribution in [3.8, 4) is 6.07 Å². The molecule has 0 heterocycles. The van der Waals surface area contributed by atoms with Gasteiger partial charge in [-0.3, -0.25) is 4.79 Å². The lowest BCUT2D eigenvalue weighted by atomic mass is 10.0. The third-order valence-corrected chi connectivity index (χ3v) is 3.52. The van der Waals surface area contributed by atoms with E-state index in [9.17, 15) is 4.79 Å². The van der Waals surface area contributed by atoms with Gasteiger partial charge in [0.2, 0.25) is 5.78 Å². The third kappa shape index (κ3) is 3.08. The molecule has 0 fully saturated rings. The van der Waals surface area contributed by atoms with Crippen LogP contribution < -0.4 is 0 Å². The summed E-state index contributed by atoms with van der Waals surface area (Å²) in [5.41, 5.74) is 1.01. The van der Waals surface area contributed by atoms with Gasteiger partial charge in [-0.15, -0.1) is 0 Å². The zero-order valence-electron chi connectivity index (χ0n) is 10.3. The predicted octanol–water partition coefficient (Wildman–Crippen LogP) is 4.78. The molecule has 0 aromatic heterocycles. The van der Waals surface area contributed by atoms with E-state index in [-0.39, 0.29) is 11.4 Å². The molecule has 2 nitrogen and oxygen atoms in total. The standard InChI is InChI=1S/C16H9Cl2NO/c17-14-8-4-7-12(15(14)18)9-13(10-19)16(20)11-5-2-1-3-6-11/h1-9H/b13-9+. The number of hydrogen-bond acceptors (Lipinski definition) is 2. The Bertz CT molecular complexity index is 715. The first kappa shape index (κ1) is 14.3. The molecule has 4 heteroatoms. The molecule has 0 unspecified atom stereocenters. The van der Waals surface area contributed by atoms with Crippen molar-refractivity contribution in [2.45, 2.75) is 0 Å². The zero-order valence-corrected chi connectivity index (χ0v) is 11.8. The monoisotopic (exact) mass is 301 g/mol. The van der Waals surface area contributed by atoms with Crippen molar-refractivity contribution < 1.29 is 4.79 Å². The molecule has 0 saturated heterocycles.